The monoisotopic (exact) mass is 287 g/mol. The molecule has 1 amide bonds. The second-order valence-corrected chi connectivity index (χ2v) is 12.0. The summed E-state index contributed by atoms with van der Waals surface area (Å²) in [7, 11) is -1.98. The minimum Gasteiger partial charge on any atom is -0.411 e. The summed E-state index contributed by atoms with van der Waals surface area (Å²) in [5.74, 6) is -0.0238. The van der Waals surface area contributed by atoms with Crippen LogP contribution in [0.25, 0.3) is 0 Å². The van der Waals surface area contributed by atoms with E-state index in [-0.39, 0.29) is 29.6 Å². The van der Waals surface area contributed by atoms with Crippen LogP contribution in [0, 0.1) is 0 Å². The van der Waals surface area contributed by atoms with E-state index in [0.717, 1.165) is 0 Å². The quantitative estimate of drug-likeness (QED) is 0.734. The van der Waals surface area contributed by atoms with Crippen molar-refractivity contribution in [3.8, 4) is 0 Å². The number of hydrogen-bond donors (Lipinski definition) is 2. The van der Waals surface area contributed by atoms with Crippen molar-refractivity contribution in [3.63, 3.8) is 0 Å². The lowest BCUT2D eigenvalue weighted by Gasteiger charge is -2.39. The molecule has 0 saturated carbocycles. The topological polar surface area (TPSA) is 70.0 Å². The molecule has 0 aromatic rings. The van der Waals surface area contributed by atoms with Gasteiger partial charge >= 0.3 is 0 Å². The van der Waals surface area contributed by atoms with Crippen LogP contribution in [-0.2, 0) is 9.22 Å². The van der Waals surface area contributed by atoms with Crippen LogP contribution in [-0.4, -0.2) is 60.2 Å². The Morgan fingerprint density at radius 3 is 2.42 bits per heavy atom. The van der Waals surface area contributed by atoms with E-state index in [1.165, 1.54) is 0 Å². The van der Waals surface area contributed by atoms with Crippen LogP contribution >= 0.6 is 0 Å². The Labute approximate surface area is 115 Å². The molecule has 2 saturated heterocycles. The minimum atomic E-state index is -1.98. The smallest absolute Gasteiger partial charge is 0.225 e. The molecule has 19 heavy (non-hydrogen) atoms. The molecule has 0 aromatic carbocycles. The number of amides is 1. The number of carbonyl (C=O) groups is 1. The zero-order chi connectivity index (χ0) is 14.6. The van der Waals surface area contributed by atoms with Gasteiger partial charge in [-0.1, -0.05) is 20.8 Å². The van der Waals surface area contributed by atoms with Crippen LogP contribution in [0.5, 0.6) is 0 Å². The highest BCUT2D eigenvalue weighted by Gasteiger charge is 2.54. The van der Waals surface area contributed by atoms with Crippen LogP contribution in [0.4, 0.5) is 0 Å². The first-order chi connectivity index (χ1) is 8.54. The number of fused-ring (bicyclic) bond motifs is 1. The predicted molar refractivity (Wildman–Crippen MR) is 74.2 cm³/mol. The summed E-state index contributed by atoms with van der Waals surface area (Å²) in [6.45, 7) is 10.9. The third-order valence-electron chi connectivity index (χ3n) is 4.82. The number of hydrogen-bond acceptors (Lipinski definition) is 4. The van der Waals surface area contributed by atoms with Gasteiger partial charge in [0.15, 0.2) is 8.32 Å². The van der Waals surface area contributed by atoms with E-state index in [4.69, 9.17) is 4.43 Å². The largest absolute Gasteiger partial charge is 0.411 e. The van der Waals surface area contributed by atoms with Crippen LogP contribution in [0.1, 0.15) is 27.2 Å². The van der Waals surface area contributed by atoms with Gasteiger partial charge in [-0.15, -0.1) is 0 Å². The number of aliphatic hydroxyl groups excluding tert-OH is 2. The second kappa shape index (κ2) is 4.55. The first kappa shape index (κ1) is 15.0. The molecule has 0 radical (unpaired) electrons. The molecule has 6 heteroatoms. The van der Waals surface area contributed by atoms with Gasteiger partial charge < -0.3 is 19.5 Å². The molecule has 110 valence electrons. The van der Waals surface area contributed by atoms with E-state index in [1.54, 1.807) is 4.90 Å². The summed E-state index contributed by atoms with van der Waals surface area (Å²) in [5.41, 5.74) is 0. The number of rotatable bonds is 2. The zero-order valence-corrected chi connectivity index (χ0v) is 13.4. The van der Waals surface area contributed by atoms with Crippen LogP contribution in [0.3, 0.4) is 0 Å². The third-order valence-corrected chi connectivity index (χ3v) is 9.32. The molecule has 4 atom stereocenters. The van der Waals surface area contributed by atoms with E-state index >= 15 is 0 Å². The predicted octanol–water partition coefficient (Wildman–Crippen LogP) is 0.713. The van der Waals surface area contributed by atoms with E-state index in [2.05, 4.69) is 33.9 Å². The molecule has 0 aliphatic carbocycles. The van der Waals surface area contributed by atoms with Gasteiger partial charge in [-0.3, -0.25) is 4.79 Å². The fraction of sp³-hybridized carbons (Fsp3) is 0.923. The van der Waals surface area contributed by atoms with Gasteiger partial charge in [-0.05, 0) is 18.1 Å². The molecule has 0 unspecified atom stereocenters. The standard InChI is InChI=1S/C13H25NO4Si/c1-13(2,3)19(4,5)18-9-6-10(16)14-7-8(15)12(17)11(9)14/h8-9,11-12,15,17H,6-7H2,1-5H3/t8-,9-,11+,12-/m0/s1. The van der Waals surface area contributed by atoms with Crippen LogP contribution in [0.15, 0.2) is 0 Å². The molecule has 0 aromatic heterocycles. The molecule has 0 bridgehead atoms. The maximum Gasteiger partial charge on any atom is 0.225 e. The van der Waals surface area contributed by atoms with Gasteiger partial charge in [0, 0.05) is 6.54 Å². The zero-order valence-electron chi connectivity index (χ0n) is 12.4. The van der Waals surface area contributed by atoms with Crippen molar-refractivity contribution >= 4 is 14.2 Å². The lowest BCUT2D eigenvalue weighted by atomic mass is 10.1. The van der Waals surface area contributed by atoms with Crippen LogP contribution in [0.2, 0.25) is 18.1 Å². The summed E-state index contributed by atoms with van der Waals surface area (Å²) < 4.78 is 6.27. The maximum atomic E-state index is 11.9. The molecule has 0 spiro atoms. The fourth-order valence-corrected chi connectivity index (χ4v) is 3.94. The maximum absolute atomic E-state index is 11.9. The summed E-state index contributed by atoms with van der Waals surface area (Å²) in [5, 5.41) is 19.8. The van der Waals surface area contributed by atoms with Crippen LogP contribution < -0.4 is 0 Å². The molecule has 2 aliphatic heterocycles. The van der Waals surface area contributed by atoms with Crippen molar-refractivity contribution < 1.29 is 19.4 Å². The molecule has 2 N–H and O–H groups in total. The van der Waals surface area contributed by atoms with Crippen molar-refractivity contribution in [1.29, 1.82) is 0 Å². The highest BCUT2D eigenvalue weighted by molar-refractivity contribution is 6.74. The van der Waals surface area contributed by atoms with Crippen molar-refractivity contribution in [2.45, 2.75) is 69.7 Å². The molecule has 2 aliphatic rings. The average Bonchev–Trinajstić information content (AvgIpc) is 2.67. The highest BCUT2D eigenvalue weighted by atomic mass is 28.4. The third kappa shape index (κ3) is 2.46. The second-order valence-electron chi connectivity index (χ2n) is 7.22. The Hall–Kier alpha value is -0.433. The van der Waals surface area contributed by atoms with Gasteiger partial charge in [0.05, 0.1) is 24.7 Å². The Kier molecular flexibility index (Phi) is 3.58. The van der Waals surface area contributed by atoms with E-state index in [0.29, 0.717) is 6.42 Å². The Morgan fingerprint density at radius 2 is 1.89 bits per heavy atom. The lowest BCUT2D eigenvalue weighted by Crippen LogP contribution is -2.49. The van der Waals surface area contributed by atoms with Crippen molar-refractivity contribution in [1.82, 2.24) is 4.90 Å². The molecule has 2 rings (SSSR count). The first-order valence-corrected chi connectivity index (χ1v) is 9.79. The van der Waals surface area contributed by atoms with Gasteiger partial charge in [0.25, 0.3) is 0 Å². The molecular weight excluding hydrogens is 262 g/mol. The Morgan fingerprint density at radius 1 is 1.32 bits per heavy atom. The van der Waals surface area contributed by atoms with Gasteiger partial charge in [0.2, 0.25) is 5.91 Å². The number of aliphatic hydroxyl groups is 2. The molecule has 2 heterocycles. The highest BCUT2D eigenvalue weighted by Crippen LogP contribution is 2.41. The Bertz CT molecular complexity index is 379. The van der Waals surface area contributed by atoms with Crippen molar-refractivity contribution in [2.24, 2.45) is 0 Å². The van der Waals surface area contributed by atoms with E-state index in [1.807, 2.05) is 0 Å². The number of nitrogens with zero attached hydrogens (tertiary/aromatic N) is 1. The summed E-state index contributed by atoms with van der Waals surface area (Å²) >= 11 is 0. The van der Waals surface area contributed by atoms with Gasteiger partial charge in [-0.25, -0.2) is 0 Å². The molecule has 2 fully saturated rings. The summed E-state index contributed by atoms with van der Waals surface area (Å²) in [4.78, 5) is 13.5. The van der Waals surface area contributed by atoms with Gasteiger partial charge in [0.1, 0.15) is 6.10 Å². The SMILES string of the molecule is CC(C)(C)[Si](C)(C)O[C@H]1CC(=O)N2C[C@H](O)[C@H](O)[C@@H]12. The average molecular weight is 287 g/mol. The Balaban J connectivity index is 2.16. The van der Waals surface area contributed by atoms with Crippen molar-refractivity contribution in [3.05, 3.63) is 0 Å². The minimum absolute atomic E-state index is 0.0238. The van der Waals surface area contributed by atoms with Gasteiger partial charge in [-0.2, -0.15) is 0 Å². The number of carbonyl (C=O) groups excluding carboxylic acids is 1. The normalized spacial score (nSPS) is 35.9. The fourth-order valence-electron chi connectivity index (χ4n) is 2.61. The molecular formula is C13H25NO4Si. The summed E-state index contributed by atoms with van der Waals surface area (Å²) in [6.07, 6.45) is -1.71. The van der Waals surface area contributed by atoms with Crippen molar-refractivity contribution in [2.75, 3.05) is 6.54 Å². The van der Waals surface area contributed by atoms with E-state index < -0.39 is 20.5 Å². The lowest BCUT2D eigenvalue weighted by molar-refractivity contribution is -0.128. The first-order valence-electron chi connectivity index (χ1n) is 6.88. The van der Waals surface area contributed by atoms with E-state index in [9.17, 15) is 15.0 Å². The summed E-state index contributed by atoms with van der Waals surface area (Å²) in [6, 6.07) is -0.378. The molecule has 5 nitrogen and oxygen atoms in total.